The van der Waals surface area contributed by atoms with E-state index < -0.39 is 0 Å². The van der Waals surface area contributed by atoms with Gasteiger partial charge >= 0.3 is 0 Å². The van der Waals surface area contributed by atoms with Gasteiger partial charge in [-0.15, -0.1) is 0 Å². The Kier molecular flexibility index (Phi) is 4.01. The molecule has 0 unspecified atom stereocenters. The van der Waals surface area contributed by atoms with Gasteiger partial charge in [-0.05, 0) is 32.6 Å². The Balaban J connectivity index is 1.63. The summed E-state index contributed by atoms with van der Waals surface area (Å²) >= 11 is 0. The zero-order valence-corrected chi connectivity index (χ0v) is 10.5. The molecule has 0 aromatic heterocycles. The Morgan fingerprint density at radius 2 is 2.06 bits per heavy atom. The van der Waals surface area contributed by atoms with Gasteiger partial charge in [0.1, 0.15) is 6.61 Å². The van der Waals surface area contributed by atoms with Crippen molar-refractivity contribution >= 4 is 5.91 Å². The molecule has 98 valence electrons. The first-order valence-corrected chi connectivity index (χ1v) is 6.47. The van der Waals surface area contributed by atoms with E-state index in [1.54, 1.807) is 0 Å². The minimum Gasteiger partial charge on any atom is -0.363 e. The molecule has 1 saturated carbocycles. The number of carbonyl (C=O) groups excluding carboxylic acids is 1. The third-order valence-electron chi connectivity index (χ3n) is 3.69. The standard InChI is InChI=1S/C12H23N3O2/c1-12(7-14-8-12)17-6-11(16)15-10-4-2-9(13)3-5-10/h9-10,14H,2-8,13H2,1H3,(H,15,16). The van der Waals surface area contributed by atoms with Crippen LogP contribution in [0.2, 0.25) is 0 Å². The van der Waals surface area contributed by atoms with Crippen molar-refractivity contribution in [1.82, 2.24) is 10.6 Å². The molecule has 0 spiro atoms. The predicted molar refractivity (Wildman–Crippen MR) is 65.6 cm³/mol. The van der Waals surface area contributed by atoms with Crippen molar-refractivity contribution < 1.29 is 9.53 Å². The smallest absolute Gasteiger partial charge is 0.246 e. The molecule has 5 heteroatoms. The van der Waals surface area contributed by atoms with Crippen LogP contribution < -0.4 is 16.4 Å². The largest absolute Gasteiger partial charge is 0.363 e. The van der Waals surface area contributed by atoms with E-state index in [1.165, 1.54) is 0 Å². The summed E-state index contributed by atoms with van der Waals surface area (Å²) in [4.78, 5) is 11.7. The predicted octanol–water partition coefficient (Wildman–Crippen LogP) is -0.249. The lowest BCUT2D eigenvalue weighted by Gasteiger charge is -2.39. The fourth-order valence-corrected chi connectivity index (χ4v) is 2.35. The van der Waals surface area contributed by atoms with Crippen LogP contribution >= 0.6 is 0 Å². The molecule has 0 aromatic carbocycles. The number of carbonyl (C=O) groups is 1. The molecule has 2 rings (SSSR count). The fourth-order valence-electron chi connectivity index (χ4n) is 2.35. The molecule has 0 aromatic rings. The van der Waals surface area contributed by atoms with Gasteiger partial charge in [-0.3, -0.25) is 4.79 Å². The highest BCUT2D eigenvalue weighted by molar-refractivity contribution is 5.77. The molecule has 1 aliphatic carbocycles. The van der Waals surface area contributed by atoms with Gasteiger partial charge in [0, 0.05) is 25.2 Å². The number of hydrogen-bond acceptors (Lipinski definition) is 4. The van der Waals surface area contributed by atoms with E-state index in [0.29, 0.717) is 12.1 Å². The monoisotopic (exact) mass is 241 g/mol. The quantitative estimate of drug-likeness (QED) is 0.634. The molecule has 2 aliphatic rings. The first-order chi connectivity index (χ1) is 8.07. The lowest BCUT2D eigenvalue weighted by Crippen LogP contribution is -2.59. The summed E-state index contributed by atoms with van der Waals surface area (Å²) in [5, 5.41) is 6.16. The number of nitrogens with one attached hydrogen (secondary N) is 2. The molecule has 1 heterocycles. The first-order valence-electron chi connectivity index (χ1n) is 6.47. The van der Waals surface area contributed by atoms with Crippen LogP contribution in [-0.2, 0) is 9.53 Å². The Hall–Kier alpha value is -0.650. The summed E-state index contributed by atoms with van der Waals surface area (Å²) in [7, 11) is 0. The van der Waals surface area contributed by atoms with Crippen molar-refractivity contribution in [2.75, 3.05) is 19.7 Å². The molecule has 1 saturated heterocycles. The molecule has 5 nitrogen and oxygen atoms in total. The van der Waals surface area contributed by atoms with Crippen LogP contribution in [0.4, 0.5) is 0 Å². The topological polar surface area (TPSA) is 76.4 Å². The van der Waals surface area contributed by atoms with Gasteiger partial charge in [0.2, 0.25) is 5.91 Å². The van der Waals surface area contributed by atoms with Gasteiger partial charge in [0.05, 0.1) is 5.60 Å². The summed E-state index contributed by atoms with van der Waals surface area (Å²) in [5.41, 5.74) is 5.68. The Labute approximate surface area is 102 Å². The Bertz CT molecular complexity index is 271. The van der Waals surface area contributed by atoms with Crippen molar-refractivity contribution in [2.45, 2.75) is 50.3 Å². The van der Waals surface area contributed by atoms with Crippen molar-refractivity contribution in [3.63, 3.8) is 0 Å². The lowest BCUT2D eigenvalue weighted by atomic mass is 9.92. The second-order valence-corrected chi connectivity index (χ2v) is 5.52. The van der Waals surface area contributed by atoms with Crippen LogP contribution in [0.1, 0.15) is 32.6 Å². The molecule has 0 radical (unpaired) electrons. The van der Waals surface area contributed by atoms with Crippen LogP contribution in [-0.4, -0.2) is 43.3 Å². The molecule has 1 amide bonds. The SMILES string of the molecule is CC1(OCC(=O)NC2CCC(N)CC2)CNC1. The van der Waals surface area contributed by atoms with E-state index in [-0.39, 0.29) is 18.1 Å². The zero-order chi connectivity index (χ0) is 12.3. The van der Waals surface area contributed by atoms with Crippen LogP contribution in [0.3, 0.4) is 0 Å². The molecule has 1 aliphatic heterocycles. The molecule has 2 fully saturated rings. The first kappa shape index (κ1) is 12.8. The number of rotatable bonds is 4. The van der Waals surface area contributed by atoms with Crippen molar-refractivity contribution in [3.05, 3.63) is 0 Å². The molecule has 0 atom stereocenters. The second kappa shape index (κ2) is 5.33. The van der Waals surface area contributed by atoms with E-state index in [1.807, 2.05) is 6.92 Å². The van der Waals surface area contributed by atoms with Crippen molar-refractivity contribution in [3.8, 4) is 0 Å². The maximum Gasteiger partial charge on any atom is 0.246 e. The average Bonchev–Trinajstić information content (AvgIpc) is 2.27. The van der Waals surface area contributed by atoms with Crippen LogP contribution in [0, 0.1) is 0 Å². The van der Waals surface area contributed by atoms with Crippen LogP contribution in [0.15, 0.2) is 0 Å². The van der Waals surface area contributed by atoms with Gasteiger partial charge < -0.3 is 21.1 Å². The van der Waals surface area contributed by atoms with E-state index in [9.17, 15) is 4.79 Å². The van der Waals surface area contributed by atoms with Crippen molar-refractivity contribution in [1.29, 1.82) is 0 Å². The summed E-state index contributed by atoms with van der Waals surface area (Å²) < 4.78 is 5.59. The number of nitrogens with two attached hydrogens (primary N) is 1. The minimum absolute atomic E-state index is 0.00130. The van der Waals surface area contributed by atoms with E-state index in [2.05, 4.69) is 10.6 Å². The minimum atomic E-state index is -0.147. The highest BCUT2D eigenvalue weighted by atomic mass is 16.5. The average molecular weight is 241 g/mol. The number of hydrogen-bond donors (Lipinski definition) is 3. The van der Waals surface area contributed by atoms with E-state index in [0.717, 1.165) is 38.8 Å². The summed E-state index contributed by atoms with van der Waals surface area (Å²) in [6, 6.07) is 0.609. The maximum atomic E-state index is 11.7. The zero-order valence-electron chi connectivity index (χ0n) is 10.5. The van der Waals surface area contributed by atoms with Gasteiger partial charge in [-0.2, -0.15) is 0 Å². The highest BCUT2D eigenvalue weighted by Gasteiger charge is 2.33. The Morgan fingerprint density at radius 1 is 1.41 bits per heavy atom. The normalized spacial score (nSPS) is 31.6. The van der Waals surface area contributed by atoms with E-state index >= 15 is 0 Å². The van der Waals surface area contributed by atoms with Crippen LogP contribution in [0.5, 0.6) is 0 Å². The summed E-state index contributed by atoms with van der Waals surface area (Å²) in [6.45, 7) is 3.86. The van der Waals surface area contributed by atoms with Gasteiger partial charge in [-0.1, -0.05) is 0 Å². The fraction of sp³-hybridized carbons (Fsp3) is 0.917. The second-order valence-electron chi connectivity index (χ2n) is 5.52. The van der Waals surface area contributed by atoms with Crippen molar-refractivity contribution in [2.24, 2.45) is 5.73 Å². The Morgan fingerprint density at radius 3 is 2.59 bits per heavy atom. The summed E-state index contributed by atoms with van der Waals surface area (Å²) in [6.07, 6.45) is 4.00. The van der Waals surface area contributed by atoms with Gasteiger partial charge in [0.15, 0.2) is 0 Å². The lowest BCUT2D eigenvalue weighted by molar-refractivity contribution is -0.136. The molecule has 0 bridgehead atoms. The number of ether oxygens (including phenoxy) is 1. The molecule has 4 N–H and O–H groups in total. The van der Waals surface area contributed by atoms with Gasteiger partial charge in [0.25, 0.3) is 0 Å². The van der Waals surface area contributed by atoms with E-state index in [4.69, 9.17) is 10.5 Å². The van der Waals surface area contributed by atoms with Gasteiger partial charge in [-0.25, -0.2) is 0 Å². The third-order valence-corrected chi connectivity index (χ3v) is 3.69. The number of amides is 1. The van der Waals surface area contributed by atoms with Crippen LogP contribution in [0.25, 0.3) is 0 Å². The molecular formula is C12H23N3O2. The molecule has 17 heavy (non-hydrogen) atoms. The maximum absolute atomic E-state index is 11.7. The summed E-state index contributed by atoms with van der Waals surface area (Å²) in [5.74, 6) is -0.00130. The highest BCUT2D eigenvalue weighted by Crippen LogP contribution is 2.17. The third kappa shape index (κ3) is 3.66. The molecular weight excluding hydrogens is 218 g/mol.